The molecule has 1 aliphatic heterocycles. The summed E-state index contributed by atoms with van der Waals surface area (Å²) < 4.78 is 11.4. The van der Waals surface area contributed by atoms with Crippen LogP contribution < -0.4 is 14.9 Å². The minimum atomic E-state index is -0.326. The lowest BCUT2D eigenvalue weighted by molar-refractivity contribution is 0.0952. The molecule has 22 heavy (non-hydrogen) atoms. The van der Waals surface area contributed by atoms with Crippen LogP contribution in [0.5, 0.6) is 11.5 Å². The number of amides is 1. The second-order valence-electron chi connectivity index (χ2n) is 4.79. The van der Waals surface area contributed by atoms with Crippen molar-refractivity contribution >= 4 is 11.6 Å². The summed E-state index contributed by atoms with van der Waals surface area (Å²) in [7, 11) is 0. The van der Waals surface area contributed by atoms with Crippen LogP contribution in [0.15, 0.2) is 53.9 Å². The number of fused-ring (bicyclic) bond motifs is 1. The second-order valence-corrected chi connectivity index (χ2v) is 4.79. The van der Waals surface area contributed by atoms with E-state index < -0.39 is 0 Å². The van der Waals surface area contributed by atoms with E-state index in [1.807, 2.05) is 24.3 Å². The summed E-state index contributed by atoms with van der Waals surface area (Å²) in [6.07, 6.45) is 2.79. The molecule has 0 radical (unpaired) electrons. The Hall–Kier alpha value is -2.89. The zero-order chi connectivity index (χ0) is 15.4. The maximum atomic E-state index is 11.9. The number of hydrogen-bond donors (Lipinski definition) is 1. The first-order chi connectivity index (χ1) is 10.7. The molecule has 1 amide bonds. The van der Waals surface area contributed by atoms with Gasteiger partial charge in [-0.15, -0.1) is 0 Å². The van der Waals surface area contributed by atoms with Crippen molar-refractivity contribution in [2.75, 3.05) is 6.61 Å². The third kappa shape index (κ3) is 3.06. The van der Waals surface area contributed by atoms with E-state index in [0.717, 1.165) is 0 Å². The van der Waals surface area contributed by atoms with Crippen LogP contribution in [0, 0.1) is 0 Å². The van der Waals surface area contributed by atoms with Gasteiger partial charge in [0.2, 0.25) is 0 Å². The normalized spacial score (nSPS) is 17.0. The van der Waals surface area contributed by atoms with E-state index >= 15 is 0 Å². The lowest BCUT2D eigenvalue weighted by Gasteiger charge is -2.26. The molecule has 6 nitrogen and oxygen atoms in total. The molecule has 0 saturated carbocycles. The molecular weight excluding hydrogens is 282 g/mol. The Bertz CT molecular complexity index is 701. The third-order valence-electron chi connectivity index (χ3n) is 3.25. The fourth-order valence-electron chi connectivity index (χ4n) is 2.00. The minimum absolute atomic E-state index is 0.293. The maximum absolute atomic E-state index is 11.9. The molecule has 1 atom stereocenters. The van der Waals surface area contributed by atoms with Crippen molar-refractivity contribution in [1.29, 1.82) is 0 Å². The number of aromatic nitrogens is 1. The first-order valence-electron chi connectivity index (χ1n) is 6.87. The van der Waals surface area contributed by atoms with Crippen LogP contribution in [0.3, 0.4) is 0 Å². The van der Waals surface area contributed by atoms with E-state index in [0.29, 0.717) is 29.4 Å². The van der Waals surface area contributed by atoms with Gasteiger partial charge in [0.25, 0.3) is 5.91 Å². The Balaban J connectivity index is 1.65. The highest BCUT2D eigenvalue weighted by atomic mass is 16.6. The number of hydrazone groups is 1. The van der Waals surface area contributed by atoms with Gasteiger partial charge in [-0.3, -0.25) is 9.78 Å². The van der Waals surface area contributed by atoms with Crippen molar-refractivity contribution in [3.05, 3.63) is 54.4 Å². The molecule has 0 bridgehead atoms. The molecule has 3 rings (SSSR count). The van der Waals surface area contributed by atoms with Gasteiger partial charge in [-0.25, -0.2) is 5.43 Å². The Kier molecular flexibility index (Phi) is 4.00. The van der Waals surface area contributed by atoms with Gasteiger partial charge in [0.1, 0.15) is 6.61 Å². The predicted octanol–water partition coefficient (Wildman–Crippen LogP) is 2.03. The number of nitrogens with zero attached hydrogens (tertiary/aromatic N) is 2. The molecule has 1 unspecified atom stereocenters. The van der Waals surface area contributed by atoms with Crippen molar-refractivity contribution < 1.29 is 14.3 Å². The topological polar surface area (TPSA) is 72.8 Å². The smallest absolute Gasteiger partial charge is 0.271 e. The number of nitrogens with one attached hydrogen (secondary N) is 1. The van der Waals surface area contributed by atoms with Gasteiger partial charge in [0.15, 0.2) is 17.6 Å². The number of para-hydroxylation sites is 2. The van der Waals surface area contributed by atoms with Crippen LogP contribution in [-0.2, 0) is 0 Å². The molecule has 1 aromatic heterocycles. The number of pyridine rings is 1. The molecule has 1 aromatic carbocycles. The fraction of sp³-hybridized carbons (Fsp3) is 0.188. The Morgan fingerprint density at radius 3 is 2.73 bits per heavy atom. The molecular formula is C16H15N3O3. The summed E-state index contributed by atoms with van der Waals surface area (Å²) in [5.74, 6) is 1.10. The summed E-state index contributed by atoms with van der Waals surface area (Å²) in [6, 6.07) is 10.7. The van der Waals surface area contributed by atoms with E-state index in [1.54, 1.807) is 31.5 Å². The van der Waals surface area contributed by atoms with Gasteiger partial charge in [-0.2, -0.15) is 5.10 Å². The third-order valence-corrected chi connectivity index (χ3v) is 3.25. The van der Waals surface area contributed by atoms with Gasteiger partial charge >= 0.3 is 0 Å². The Morgan fingerprint density at radius 1 is 1.23 bits per heavy atom. The summed E-state index contributed by atoms with van der Waals surface area (Å²) in [5.41, 5.74) is 3.64. The van der Waals surface area contributed by atoms with Crippen molar-refractivity contribution in [1.82, 2.24) is 10.4 Å². The van der Waals surface area contributed by atoms with Gasteiger partial charge < -0.3 is 9.47 Å². The number of benzene rings is 1. The molecule has 6 heteroatoms. The zero-order valence-corrected chi connectivity index (χ0v) is 12.0. The van der Waals surface area contributed by atoms with E-state index in [1.165, 1.54) is 0 Å². The minimum Gasteiger partial charge on any atom is -0.485 e. The summed E-state index contributed by atoms with van der Waals surface area (Å²) in [6.45, 7) is 2.15. The van der Waals surface area contributed by atoms with Crippen molar-refractivity contribution in [2.45, 2.75) is 13.0 Å². The van der Waals surface area contributed by atoms with E-state index in [-0.39, 0.29) is 12.0 Å². The van der Waals surface area contributed by atoms with Crippen LogP contribution >= 0.6 is 0 Å². The van der Waals surface area contributed by atoms with Gasteiger partial charge in [-0.1, -0.05) is 12.1 Å². The monoisotopic (exact) mass is 297 g/mol. The predicted molar refractivity (Wildman–Crippen MR) is 81.2 cm³/mol. The molecule has 112 valence electrons. The standard InChI is InChI=1S/C16H15N3O3/c1-11(18-19-16(20)12-6-8-17-9-7-12)15-10-21-13-4-2-3-5-14(13)22-15/h2-9,15H,10H2,1H3,(H,19,20)/b18-11+. The number of hydrogen-bond acceptors (Lipinski definition) is 5. The summed E-state index contributed by atoms with van der Waals surface area (Å²) in [5, 5.41) is 4.09. The van der Waals surface area contributed by atoms with Crippen molar-refractivity contribution in [3.8, 4) is 11.5 Å². The van der Waals surface area contributed by atoms with Crippen LogP contribution in [-0.4, -0.2) is 29.3 Å². The Labute approximate surface area is 127 Å². The van der Waals surface area contributed by atoms with E-state index in [4.69, 9.17) is 9.47 Å². The second kappa shape index (κ2) is 6.26. The van der Waals surface area contributed by atoms with Gasteiger partial charge in [-0.05, 0) is 31.2 Å². The zero-order valence-electron chi connectivity index (χ0n) is 12.0. The van der Waals surface area contributed by atoms with Crippen LogP contribution in [0.2, 0.25) is 0 Å². The molecule has 1 aliphatic rings. The maximum Gasteiger partial charge on any atom is 0.271 e. The quantitative estimate of drug-likeness (QED) is 0.695. The SMILES string of the molecule is C/C(=N\NC(=O)c1ccncc1)C1COc2ccccc2O1. The fourth-order valence-corrected chi connectivity index (χ4v) is 2.00. The molecule has 0 spiro atoms. The summed E-state index contributed by atoms with van der Waals surface area (Å²) in [4.78, 5) is 15.8. The first kappa shape index (κ1) is 14.1. The largest absolute Gasteiger partial charge is 0.485 e. The molecule has 0 fully saturated rings. The molecule has 2 heterocycles. The van der Waals surface area contributed by atoms with E-state index in [9.17, 15) is 4.79 Å². The molecule has 2 aromatic rings. The molecule has 0 aliphatic carbocycles. The molecule has 0 saturated heterocycles. The number of carbonyl (C=O) groups excluding carboxylic acids is 1. The molecule has 1 N–H and O–H groups in total. The Morgan fingerprint density at radius 2 is 1.95 bits per heavy atom. The van der Waals surface area contributed by atoms with Gasteiger partial charge in [0.05, 0.1) is 5.71 Å². The van der Waals surface area contributed by atoms with Crippen LogP contribution in [0.4, 0.5) is 0 Å². The number of rotatable bonds is 3. The van der Waals surface area contributed by atoms with Gasteiger partial charge in [0, 0.05) is 18.0 Å². The van der Waals surface area contributed by atoms with Crippen LogP contribution in [0.1, 0.15) is 17.3 Å². The first-order valence-corrected chi connectivity index (χ1v) is 6.87. The van der Waals surface area contributed by atoms with E-state index in [2.05, 4.69) is 15.5 Å². The highest BCUT2D eigenvalue weighted by molar-refractivity contribution is 5.95. The van der Waals surface area contributed by atoms with Crippen molar-refractivity contribution in [3.63, 3.8) is 0 Å². The number of carbonyl (C=O) groups is 1. The van der Waals surface area contributed by atoms with Crippen LogP contribution in [0.25, 0.3) is 0 Å². The van der Waals surface area contributed by atoms with Crippen molar-refractivity contribution in [2.24, 2.45) is 5.10 Å². The highest BCUT2D eigenvalue weighted by Gasteiger charge is 2.23. The number of ether oxygens (including phenoxy) is 2. The lowest BCUT2D eigenvalue weighted by atomic mass is 10.2. The lowest BCUT2D eigenvalue weighted by Crippen LogP contribution is -2.36. The summed E-state index contributed by atoms with van der Waals surface area (Å²) >= 11 is 0. The average molecular weight is 297 g/mol. The highest BCUT2D eigenvalue weighted by Crippen LogP contribution is 2.31. The average Bonchev–Trinajstić information content (AvgIpc) is 2.59.